The summed E-state index contributed by atoms with van der Waals surface area (Å²) in [7, 11) is 4.03. The van der Waals surface area contributed by atoms with E-state index >= 15 is 0 Å². The minimum atomic E-state index is -0.605. The van der Waals surface area contributed by atoms with Crippen molar-refractivity contribution >= 4 is 11.5 Å². The van der Waals surface area contributed by atoms with E-state index in [1.54, 1.807) is 11.5 Å². The van der Waals surface area contributed by atoms with Crippen molar-refractivity contribution in [1.82, 2.24) is 9.55 Å². The molecule has 1 aromatic heterocycles. The molecule has 0 aromatic carbocycles. The molecule has 0 amide bonds. The van der Waals surface area contributed by atoms with Crippen molar-refractivity contribution in [2.45, 2.75) is 32.7 Å². The molecule has 2 heterocycles. The molecule has 1 unspecified atom stereocenters. The van der Waals surface area contributed by atoms with Gasteiger partial charge in [0.05, 0.1) is 20.7 Å². The second-order valence-corrected chi connectivity index (χ2v) is 5.53. The standard InChI is InChI=1S/C15H21N3O3.2ClH/c1-5-21-15(20)12-8-16-13-11(9-17(3)4)7-6-10(2)18(13)14(12)19;;/h8-10H,5-7H2,1-4H3;2*1H/p-1/b11-9+;;. The summed E-state index contributed by atoms with van der Waals surface area (Å²) in [5, 5.41) is 0. The summed E-state index contributed by atoms with van der Waals surface area (Å²) >= 11 is 0. The van der Waals surface area contributed by atoms with Gasteiger partial charge in [0.1, 0.15) is 17.6 Å². The summed E-state index contributed by atoms with van der Waals surface area (Å²) in [5.74, 6) is 0.0554. The van der Waals surface area contributed by atoms with Crippen molar-refractivity contribution in [3.8, 4) is 0 Å². The average molecular weight is 363 g/mol. The number of allylic oxidation sites excluding steroid dienone is 1. The van der Waals surface area contributed by atoms with Gasteiger partial charge in [0.15, 0.2) is 0 Å². The predicted molar refractivity (Wildman–Crippen MR) is 79.2 cm³/mol. The molecule has 1 aliphatic heterocycles. The van der Waals surface area contributed by atoms with Crippen LogP contribution in [0.25, 0.3) is 5.57 Å². The number of nitrogens with zero attached hydrogens (tertiary/aromatic N) is 2. The number of ether oxygens (including phenoxy) is 1. The summed E-state index contributed by atoms with van der Waals surface area (Å²) in [5.41, 5.74) is 0.733. The lowest BCUT2D eigenvalue weighted by Gasteiger charge is -2.26. The fourth-order valence-electron chi connectivity index (χ4n) is 2.55. The zero-order valence-electron chi connectivity index (χ0n) is 13.7. The third-order valence-electron chi connectivity index (χ3n) is 3.51. The van der Waals surface area contributed by atoms with Gasteiger partial charge in [-0.1, -0.05) is 0 Å². The number of aromatic nitrogens is 2. The molecule has 8 heteroatoms. The Morgan fingerprint density at radius 3 is 2.70 bits per heavy atom. The van der Waals surface area contributed by atoms with Crippen molar-refractivity contribution in [3.05, 3.63) is 34.1 Å². The highest BCUT2D eigenvalue weighted by Crippen LogP contribution is 2.28. The highest BCUT2D eigenvalue weighted by molar-refractivity contribution is 5.88. The fourth-order valence-corrected chi connectivity index (χ4v) is 2.55. The van der Waals surface area contributed by atoms with Crippen molar-refractivity contribution in [2.24, 2.45) is 0 Å². The van der Waals surface area contributed by atoms with Crippen LogP contribution in [0.1, 0.15) is 48.9 Å². The molecule has 1 aliphatic rings. The van der Waals surface area contributed by atoms with E-state index in [-0.39, 0.29) is 48.6 Å². The van der Waals surface area contributed by atoms with Gasteiger partial charge >= 0.3 is 5.97 Å². The Hall–Kier alpha value is -1.37. The molecule has 0 fully saturated rings. The maximum absolute atomic E-state index is 12.6. The highest BCUT2D eigenvalue weighted by atomic mass is 35.5. The van der Waals surface area contributed by atoms with Crippen molar-refractivity contribution in [2.75, 3.05) is 20.7 Å². The lowest BCUT2D eigenvalue weighted by molar-refractivity contribution is -0.800. The minimum absolute atomic E-state index is 0. The summed E-state index contributed by atoms with van der Waals surface area (Å²) in [6.07, 6.45) is 5.13. The van der Waals surface area contributed by atoms with E-state index < -0.39 is 5.97 Å². The van der Waals surface area contributed by atoms with Crippen LogP contribution >= 0.6 is 0 Å². The number of fused-ring (bicyclic) bond motifs is 1. The quantitative estimate of drug-likeness (QED) is 0.544. The molecular formula is C15H22Cl2N3O3-. The number of halogens is 2. The van der Waals surface area contributed by atoms with Crippen molar-refractivity contribution < 1.29 is 39.2 Å². The van der Waals surface area contributed by atoms with Gasteiger partial charge in [-0.2, -0.15) is 0 Å². The average Bonchev–Trinajstić information content (AvgIpc) is 2.41. The third-order valence-corrected chi connectivity index (χ3v) is 3.51. The SMILES string of the molecule is CCOC(=O)c1cnc2n(c1=O)C(C)CC/C2=C\[NH+](C)C.[Cl-].[Cl-]. The molecule has 0 radical (unpaired) electrons. The van der Waals surface area contributed by atoms with E-state index in [0.29, 0.717) is 5.82 Å². The first-order valence-electron chi connectivity index (χ1n) is 7.25. The minimum Gasteiger partial charge on any atom is -1.00 e. The number of hydrogen-bond acceptors (Lipinski definition) is 4. The first kappa shape index (κ1) is 21.6. The van der Waals surface area contributed by atoms with E-state index in [2.05, 4.69) is 4.98 Å². The van der Waals surface area contributed by atoms with Gasteiger partial charge < -0.3 is 34.5 Å². The summed E-state index contributed by atoms with van der Waals surface area (Å²) < 4.78 is 6.53. The Bertz CT molecular complexity index is 641. The molecule has 1 atom stereocenters. The number of nitrogens with one attached hydrogen (secondary N) is 1. The number of rotatable bonds is 3. The van der Waals surface area contributed by atoms with E-state index in [1.165, 1.54) is 6.20 Å². The van der Waals surface area contributed by atoms with Crippen LogP contribution in [0.4, 0.5) is 0 Å². The second kappa shape index (κ2) is 9.05. The van der Waals surface area contributed by atoms with E-state index in [9.17, 15) is 9.59 Å². The Labute approximate surface area is 148 Å². The van der Waals surface area contributed by atoms with Crippen LogP contribution in [0.5, 0.6) is 0 Å². The molecule has 0 bridgehead atoms. The summed E-state index contributed by atoms with van der Waals surface area (Å²) in [6, 6.07) is 0.0312. The van der Waals surface area contributed by atoms with Crippen LogP contribution in [0.3, 0.4) is 0 Å². The first-order valence-corrected chi connectivity index (χ1v) is 7.25. The van der Waals surface area contributed by atoms with Gasteiger partial charge in [0.25, 0.3) is 5.56 Å². The molecule has 0 saturated carbocycles. The van der Waals surface area contributed by atoms with Crippen LogP contribution in [0.15, 0.2) is 17.2 Å². The Kier molecular flexibility index (Phi) is 8.52. The Balaban J connectivity index is 0.00000242. The van der Waals surface area contributed by atoms with Gasteiger partial charge in [0, 0.05) is 17.8 Å². The number of hydrogen-bond donors (Lipinski definition) is 1. The topological polar surface area (TPSA) is 65.6 Å². The molecule has 0 spiro atoms. The normalized spacial score (nSPS) is 18.0. The van der Waals surface area contributed by atoms with Gasteiger partial charge in [-0.05, 0) is 26.7 Å². The molecule has 23 heavy (non-hydrogen) atoms. The highest BCUT2D eigenvalue weighted by Gasteiger charge is 2.26. The molecule has 1 aromatic rings. The predicted octanol–water partition coefficient (Wildman–Crippen LogP) is -5.73. The van der Waals surface area contributed by atoms with Gasteiger partial charge in [-0.25, -0.2) is 9.78 Å². The summed E-state index contributed by atoms with van der Waals surface area (Å²) in [4.78, 5) is 29.9. The monoisotopic (exact) mass is 362 g/mol. The number of carbonyl (C=O) groups is 1. The zero-order valence-corrected chi connectivity index (χ0v) is 15.2. The molecule has 0 aliphatic carbocycles. The number of carbonyl (C=O) groups excluding carboxylic acids is 1. The van der Waals surface area contributed by atoms with Crippen LogP contribution in [0, 0.1) is 0 Å². The van der Waals surface area contributed by atoms with Crippen molar-refractivity contribution in [3.63, 3.8) is 0 Å². The zero-order chi connectivity index (χ0) is 15.6. The van der Waals surface area contributed by atoms with E-state index in [4.69, 9.17) is 4.74 Å². The molecule has 1 N–H and O–H groups in total. The number of quaternary nitrogens is 1. The number of esters is 1. The maximum Gasteiger partial charge on any atom is 0.345 e. The smallest absolute Gasteiger partial charge is 0.345 e. The van der Waals surface area contributed by atoms with Gasteiger partial charge in [0.2, 0.25) is 0 Å². The maximum atomic E-state index is 12.6. The molecule has 2 rings (SSSR count). The lowest BCUT2D eigenvalue weighted by Crippen LogP contribution is -3.00. The third kappa shape index (κ3) is 4.56. The van der Waals surface area contributed by atoms with Gasteiger partial charge in [-0.3, -0.25) is 9.36 Å². The van der Waals surface area contributed by atoms with E-state index in [1.807, 2.05) is 27.2 Å². The molecule has 130 valence electrons. The first-order chi connectivity index (χ1) is 9.95. The van der Waals surface area contributed by atoms with Crippen LogP contribution in [-0.2, 0) is 4.74 Å². The second-order valence-electron chi connectivity index (χ2n) is 5.53. The van der Waals surface area contributed by atoms with Crippen LogP contribution in [0.2, 0.25) is 0 Å². The molecular weight excluding hydrogens is 341 g/mol. The molecule has 6 nitrogen and oxygen atoms in total. The Morgan fingerprint density at radius 1 is 1.48 bits per heavy atom. The van der Waals surface area contributed by atoms with Gasteiger partial charge in [-0.15, -0.1) is 0 Å². The largest absolute Gasteiger partial charge is 1.00 e. The lowest BCUT2D eigenvalue weighted by atomic mass is 10.0. The molecule has 0 saturated heterocycles. The van der Waals surface area contributed by atoms with Crippen molar-refractivity contribution in [1.29, 1.82) is 0 Å². The van der Waals surface area contributed by atoms with Crippen LogP contribution in [-0.4, -0.2) is 36.2 Å². The van der Waals surface area contributed by atoms with E-state index in [0.717, 1.165) is 23.3 Å². The Morgan fingerprint density at radius 2 is 2.13 bits per heavy atom. The fraction of sp³-hybridized carbons (Fsp3) is 0.533. The van der Waals surface area contributed by atoms with Crippen LogP contribution < -0.4 is 35.3 Å². The summed E-state index contributed by atoms with van der Waals surface area (Å²) in [6.45, 7) is 3.93.